The number of nitrogens with one attached hydrogen (secondary N) is 2. The highest BCUT2D eigenvalue weighted by Crippen LogP contribution is 2.25. The SMILES string of the molecule is NC(=O)c1cc(Nc2ccc3c(/C=C/c4ccccn4)n[nH]c3c2)ccc1F. The molecule has 138 valence electrons. The zero-order valence-corrected chi connectivity index (χ0v) is 14.7. The molecule has 0 spiro atoms. The van der Waals surface area contributed by atoms with Crippen molar-refractivity contribution in [3.8, 4) is 0 Å². The fourth-order valence-electron chi connectivity index (χ4n) is 2.84. The summed E-state index contributed by atoms with van der Waals surface area (Å²) in [5, 5.41) is 11.4. The van der Waals surface area contributed by atoms with Crippen LogP contribution in [0.4, 0.5) is 15.8 Å². The summed E-state index contributed by atoms with van der Waals surface area (Å²) in [5.74, 6) is -1.46. The highest BCUT2D eigenvalue weighted by molar-refractivity contribution is 5.95. The highest BCUT2D eigenvalue weighted by atomic mass is 19.1. The number of nitrogens with two attached hydrogens (primary N) is 1. The quantitative estimate of drug-likeness (QED) is 0.490. The number of pyridine rings is 1. The lowest BCUT2D eigenvalue weighted by molar-refractivity contribution is 0.0996. The molecule has 0 bridgehead atoms. The maximum Gasteiger partial charge on any atom is 0.251 e. The van der Waals surface area contributed by atoms with Gasteiger partial charge in [0.05, 0.1) is 22.5 Å². The van der Waals surface area contributed by atoms with Crippen LogP contribution in [0, 0.1) is 5.82 Å². The molecule has 0 radical (unpaired) electrons. The van der Waals surface area contributed by atoms with E-state index in [0.717, 1.165) is 28.0 Å². The summed E-state index contributed by atoms with van der Waals surface area (Å²) in [6.45, 7) is 0. The number of amides is 1. The molecule has 2 aromatic carbocycles. The van der Waals surface area contributed by atoms with Crippen molar-refractivity contribution in [2.45, 2.75) is 0 Å². The standard InChI is InChI=1S/C21H16FN5O/c22-18-8-5-14(11-17(18)21(23)28)25-15-4-7-16-19(26-27-20(16)12-15)9-6-13-3-1-2-10-24-13/h1-12,25H,(H2,23,28)(H,26,27)/b9-6+. The Morgan fingerprint density at radius 1 is 1.07 bits per heavy atom. The van der Waals surface area contributed by atoms with Crippen LogP contribution in [0.3, 0.4) is 0 Å². The van der Waals surface area contributed by atoms with Crippen molar-refractivity contribution in [3.63, 3.8) is 0 Å². The zero-order chi connectivity index (χ0) is 19.5. The molecule has 0 atom stereocenters. The van der Waals surface area contributed by atoms with Crippen LogP contribution < -0.4 is 11.1 Å². The molecule has 4 aromatic rings. The molecule has 4 rings (SSSR count). The van der Waals surface area contributed by atoms with Gasteiger partial charge in [0.1, 0.15) is 5.82 Å². The van der Waals surface area contributed by atoms with E-state index in [1.165, 1.54) is 12.1 Å². The van der Waals surface area contributed by atoms with E-state index in [1.807, 2.05) is 48.6 Å². The monoisotopic (exact) mass is 373 g/mol. The van der Waals surface area contributed by atoms with Crippen LogP contribution >= 0.6 is 0 Å². The van der Waals surface area contributed by atoms with Crippen molar-refractivity contribution in [2.75, 3.05) is 5.32 Å². The summed E-state index contributed by atoms with van der Waals surface area (Å²) in [6.07, 6.45) is 5.53. The number of H-pyrrole nitrogens is 1. The highest BCUT2D eigenvalue weighted by Gasteiger charge is 2.10. The largest absolute Gasteiger partial charge is 0.366 e. The molecule has 0 fully saturated rings. The van der Waals surface area contributed by atoms with Crippen molar-refractivity contribution < 1.29 is 9.18 Å². The fraction of sp³-hybridized carbons (Fsp3) is 0. The van der Waals surface area contributed by atoms with Crippen molar-refractivity contribution >= 4 is 40.3 Å². The van der Waals surface area contributed by atoms with Gasteiger partial charge in [-0.3, -0.25) is 14.9 Å². The number of benzene rings is 2. The first-order valence-electron chi connectivity index (χ1n) is 8.54. The van der Waals surface area contributed by atoms with Crippen LogP contribution in [0.15, 0.2) is 60.8 Å². The molecule has 6 nitrogen and oxygen atoms in total. The summed E-state index contributed by atoms with van der Waals surface area (Å²) < 4.78 is 13.6. The number of hydrogen-bond acceptors (Lipinski definition) is 4. The van der Waals surface area contributed by atoms with Crippen LogP contribution in [0.1, 0.15) is 21.7 Å². The maximum atomic E-state index is 13.6. The molecular weight excluding hydrogens is 357 g/mol. The third-order valence-electron chi connectivity index (χ3n) is 4.21. The Bertz CT molecular complexity index is 1180. The summed E-state index contributed by atoms with van der Waals surface area (Å²) in [7, 11) is 0. The Kier molecular flexibility index (Phi) is 4.55. The Hall–Kier alpha value is -4.00. The third-order valence-corrected chi connectivity index (χ3v) is 4.21. The lowest BCUT2D eigenvalue weighted by atomic mass is 10.1. The zero-order valence-electron chi connectivity index (χ0n) is 14.7. The number of hydrogen-bond donors (Lipinski definition) is 3. The first-order chi connectivity index (χ1) is 13.6. The van der Waals surface area contributed by atoms with Gasteiger partial charge in [0.15, 0.2) is 0 Å². The van der Waals surface area contributed by atoms with Crippen molar-refractivity contribution in [1.82, 2.24) is 15.2 Å². The first-order valence-corrected chi connectivity index (χ1v) is 8.54. The summed E-state index contributed by atoms with van der Waals surface area (Å²) in [6, 6.07) is 15.5. The second-order valence-electron chi connectivity index (χ2n) is 6.14. The number of halogens is 1. The van der Waals surface area contributed by atoms with Gasteiger partial charge in [0.25, 0.3) is 5.91 Å². The van der Waals surface area contributed by atoms with E-state index >= 15 is 0 Å². The van der Waals surface area contributed by atoms with Gasteiger partial charge in [0, 0.05) is 23.0 Å². The van der Waals surface area contributed by atoms with Gasteiger partial charge < -0.3 is 11.1 Å². The Morgan fingerprint density at radius 2 is 1.89 bits per heavy atom. The number of nitrogens with zero attached hydrogens (tertiary/aromatic N) is 2. The molecule has 0 saturated carbocycles. The van der Waals surface area contributed by atoms with E-state index in [4.69, 9.17) is 5.73 Å². The first kappa shape index (κ1) is 17.4. The number of fused-ring (bicyclic) bond motifs is 1. The lowest BCUT2D eigenvalue weighted by Gasteiger charge is -2.08. The second-order valence-corrected chi connectivity index (χ2v) is 6.14. The topological polar surface area (TPSA) is 96.7 Å². The third kappa shape index (κ3) is 3.59. The molecule has 1 amide bonds. The Balaban J connectivity index is 1.59. The minimum absolute atomic E-state index is 0.158. The molecule has 2 aromatic heterocycles. The molecular formula is C21H16FN5O. The molecule has 4 N–H and O–H groups in total. The minimum Gasteiger partial charge on any atom is -0.366 e. The van der Waals surface area contributed by atoms with E-state index in [-0.39, 0.29) is 5.56 Å². The van der Waals surface area contributed by atoms with Gasteiger partial charge in [-0.2, -0.15) is 5.10 Å². The smallest absolute Gasteiger partial charge is 0.251 e. The van der Waals surface area contributed by atoms with Gasteiger partial charge in [0.2, 0.25) is 0 Å². The molecule has 7 heteroatoms. The van der Waals surface area contributed by atoms with E-state index in [9.17, 15) is 9.18 Å². The molecule has 0 saturated heterocycles. The predicted octanol–water partition coefficient (Wildman–Crippen LogP) is 4.11. The summed E-state index contributed by atoms with van der Waals surface area (Å²) in [5.41, 5.74) is 8.84. The van der Waals surface area contributed by atoms with Crippen LogP contribution in [-0.2, 0) is 0 Å². The van der Waals surface area contributed by atoms with E-state index in [1.54, 1.807) is 12.3 Å². The number of anilines is 2. The lowest BCUT2D eigenvalue weighted by Crippen LogP contribution is -2.13. The predicted molar refractivity (Wildman–Crippen MR) is 107 cm³/mol. The summed E-state index contributed by atoms with van der Waals surface area (Å²) in [4.78, 5) is 15.5. The molecule has 0 aliphatic heterocycles. The number of carbonyl (C=O) groups is 1. The Morgan fingerprint density at radius 3 is 2.68 bits per heavy atom. The molecule has 0 aliphatic rings. The number of aromatic amines is 1. The van der Waals surface area contributed by atoms with E-state index in [0.29, 0.717) is 5.69 Å². The second kappa shape index (κ2) is 7.32. The molecule has 0 unspecified atom stereocenters. The maximum absolute atomic E-state index is 13.6. The fourth-order valence-corrected chi connectivity index (χ4v) is 2.84. The van der Waals surface area contributed by atoms with Gasteiger partial charge in [-0.15, -0.1) is 0 Å². The van der Waals surface area contributed by atoms with E-state index < -0.39 is 11.7 Å². The number of carbonyl (C=O) groups excluding carboxylic acids is 1. The van der Waals surface area contributed by atoms with Crippen LogP contribution in [0.25, 0.3) is 23.1 Å². The average molecular weight is 373 g/mol. The van der Waals surface area contributed by atoms with E-state index in [2.05, 4.69) is 20.5 Å². The van der Waals surface area contributed by atoms with Gasteiger partial charge >= 0.3 is 0 Å². The average Bonchev–Trinajstić information content (AvgIpc) is 3.11. The van der Waals surface area contributed by atoms with Crippen LogP contribution in [0.5, 0.6) is 0 Å². The summed E-state index contributed by atoms with van der Waals surface area (Å²) >= 11 is 0. The van der Waals surface area contributed by atoms with Gasteiger partial charge in [-0.05, 0) is 60.7 Å². The Labute approximate surface area is 159 Å². The van der Waals surface area contributed by atoms with Crippen molar-refractivity contribution in [1.29, 1.82) is 0 Å². The van der Waals surface area contributed by atoms with Gasteiger partial charge in [-0.1, -0.05) is 6.07 Å². The number of rotatable bonds is 5. The van der Waals surface area contributed by atoms with Crippen molar-refractivity contribution in [2.24, 2.45) is 5.73 Å². The van der Waals surface area contributed by atoms with Crippen LogP contribution in [-0.4, -0.2) is 21.1 Å². The normalized spacial score (nSPS) is 11.2. The van der Waals surface area contributed by atoms with Crippen LogP contribution in [0.2, 0.25) is 0 Å². The number of aromatic nitrogens is 3. The molecule has 2 heterocycles. The number of primary amides is 1. The molecule has 0 aliphatic carbocycles. The van der Waals surface area contributed by atoms with Crippen molar-refractivity contribution in [3.05, 3.63) is 83.6 Å². The van der Waals surface area contributed by atoms with Gasteiger partial charge in [-0.25, -0.2) is 4.39 Å². The molecule has 28 heavy (non-hydrogen) atoms. The minimum atomic E-state index is -0.811.